The second kappa shape index (κ2) is 4.54. The molecule has 84 valence electrons. The van der Waals surface area contributed by atoms with E-state index in [-0.39, 0.29) is 5.54 Å². The van der Waals surface area contributed by atoms with Crippen molar-refractivity contribution in [3.05, 3.63) is 27.7 Å². The van der Waals surface area contributed by atoms with Gasteiger partial charge >= 0.3 is 0 Å². The van der Waals surface area contributed by atoms with Crippen molar-refractivity contribution in [3.8, 4) is 5.75 Å². The number of benzene rings is 1. The van der Waals surface area contributed by atoms with Gasteiger partial charge in [0.25, 0.3) is 0 Å². The van der Waals surface area contributed by atoms with Crippen molar-refractivity contribution >= 4 is 15.9 Å². The maximum atomic E-state index is 6.02. The number of ether oxygens (including phenoxy) is 1. The molecule has 2 nitrogen and oxygen atoms in total. The van der Waals surface area contributed by atoms with Gasteiger partial charge in [-0.05, 0) is 60.3 Å². The quantitative estimate of drug-likeness (QED) is 0.917. The van der Waals surface area contributed by atoms with Crippen LogP contribution in [0.1, 0.15) is 25.0 Å². The fourth-order valence-electron chi connectivity index (χ4n) is 1.58. The highest BCUT2D eigenvalue weighted by Gasteiger charge is 2.16. The highest BCUT2D eigenvalue weighted by atomic mass is 79.9. The Morgan fingerprint density at radius 1 is 1.40 bits per heavy atom. The van der Waals surface area contributed by atoms with Crippen LogP contribution >= 0.6 is 15.9 Å². The van der Waals surface area contributed by atoms with Gasteiger partial charge in [-0.25, -0.2) is 0 Å². The molecular weight excluding hydrogens is 254 g/mol. The number of aryl methyl sites for hydroxylation is 1. The van der Waals surface area contributed by atoms with Crippen molar-refractivity contribution in [2.75, 3.05) is 7.11 Å². The van der Waals surface area contributed by atoms with Crippen LogP contribution in [0.5, 0.6) is 5.75 Å². The minimum absolute atomic E-state index is 0.207. The van der Waals surface area contributed by atoms with E-state index in [0.717, 1.165) is 16.6 Å². The van der Waals surface area contributed by atoms with E-state index in [2.05, 4.69) is 28.9 Å². The Balaban J connectivity index is 3.12. The van der Waals surface area contributed by atoms with E-state index in [4.69, 9.17) is 10.5 Å². The van der Waals surface area contributed by atoms with Gasteiger partial charge in [-0.15, -0.1) is 0 Å². The van der Waals surface area contributed by atoms with Crippen LogP contribution in [0.4, 0.5) is 0 Å². The maximum Gasteiger partial charge on any atom is 0.133 e. The third-order valence-corrected chi connectivity index (χ3v) is 3.02. The number of rotatable bonds is 3. The Kier molecular flexibility index (Phi) is 3.79. The zero-order chi connectivity index (χ0) is 11.6. The summed E-state index contributed by atoms with van der Waals surface area (Å²) in [5.74, 6) is 0.870. The maximum absolute atomic E-state index is 6.02. The smallest absolute Gasteiger partial charge is 0.133 e. The Morgan fingerprint density at radius 2 is 2.00 bits per heavy atom. The van der Waals surface area contributed by atoms with Gasteiger partial charge in [0.05, 0.1) is 11.6 Å². The van der Waals surface area contributed by atoms with Gasteiger partial charge in [0.1, 0.15) is 5.75 Å². The minimum atomic E-state index is -0.207. The number of hydrogen-bond acceptors (Lipinski definition) is 2. The van der Waals surface area contributed by atoms with Crippen LogP contribution in [-0.4, -0.2) is 12.6 Å². The minimum Gasteiger partial charge on any atom is -0.496 e. The molecule has 0 saturated carbocycles. The molecule has 15 heavy (non-hydrogen) atoms. The highest BCUT2D eigenvalue weighted by molar-refractivity contribution is 9.10. The predicted octanol–water partition coefficient (Wildman–Crippen LogP) is 3.05. The monoisotopic (exact) mass is 271 g/mol. The van der Waals surface area contributed by atoms with Gasteiger partial charge in [0.2, 0.25) is 0 Å². The summed E-state index contributed by atoms with van der Waals surface area (Å²) in [5.41, 5.74) is 8.19. The molecule has 0 heterocycles. The van der Waals surface area contributed by atoms with Crippen LogP contribution in [0.15, 0.2) is 16.6 Å². The first-order chi connectivity index (χ1) is 6.83. The first-order valence-electron chi connectivity index (χ1n) is 4.95. The lowest BCUT2D eigenvalue weighted by molar-refractivity contribution is 0.410. The van der Waals surface area contributed by atoms with Crippen LogP contribution in [0, 0.1) is 6.92 Å². The molecule has 1 rings (SSSR count). The molecule has 0 fully saturated rings. The van der Waals surface area contributed by atoms with Gasteiger partial charge in [0, 0.05) is 5.54 Å². The van der Waals surface area contributed by atoms with Crippen molar-refractivity contribution in [1.29, 1.82) is 0 Å². The summed E-state index contributed by atoms with van der Waals surface area (Å²) in [6.45, 7) is 6.10. The van der Waals surface area contributed by atoms with Crippen LogP contribution in [0.3, 0.4) is 0 Å². The molecule has 0 aliphatic rings. The molecule has 0 spiro atoms. The van der Waals surface area contributed by atoms with E-state index in [1.165, 1.54) is 11.1 Å². The van der Waals surface area contributed by atoms with Crippen molar-refractivity contribution < 1.29 is 4.74 Å². The Morgan fingerprint density at radius 3 is 2.47 bits per heavy atom. The number of halogens is 1. The lowest BCUT2D eigenvalue weighted by atomic mass is 9.95. The van der Waals surface area contributed by atoms with Crippen molar-refractivity contribution in [1.82, 2.24) is 0 Å². The number of methoxy groups -OCH3 is 1. The summed E-state index contributed by atoms with van der Waals surface area (Å²) >= 11 is 3.55. The predicted molar refractivity (Wildman–Crippen MR) is 67.4 cm³/mol. The summed E-state index contributed by atoms with van der Waals surface area (Å²) in [6, 6.07) is 4.15. The molecule has 0 amide bonds. The molecule has 0 aliphatic heterocycles. The Bertz CT molecular complexity index is 355. The third-order valence-electron chi connectivity index (χ3n) is 2.12. The van der Waals surface area contributed by atoms with E-state index in [1.54, 1.807) is 7.11 Å². The zero-order valence-electron chi connectivity index (χ0n) is 9.73. The highest BCUT2D eigenvalue weighted by Crippen LogP contribution is 2.31. The fraction of sp³-hybridized carbons (Fsp3) is 0.500. The number of hydrogen-bond donors (Lipinski definition) is 1. The zero-order valence-corrected chi connectivity index (χ0v) is 11.3. The molecule has 1 aromatic carbocycles. The van der Waals surface area contributed by atoms with Crippen molar-refractivity contribution in [3.63, 3.8) is 0 Å². The first kappa shape index (κ1) is 12.5. The largest absolute Gasteiger partial charge is 0.496 e. The normalized spacial score (nSPS) is 11.6. The molecule has 0 radical (unpaired) electrons. The fourth-order valence-corrected chi connectivity index (χ4v) is 2.11. The lowest BCUT2D eigenvalue weighted by Crippen LogP contribution is -2.34. The molecule has 0 atom stereocenters. The van der Waals surface area contributed by atoms with Gasteiger partial charge in [-0.2, -0.15) is 0 Å². The second-order valence-corrected chi connectivity index (χ2v) is 5.40. The molecule has 0 aliphatic carbocycles. The van der Waals surface area contributed by atoms with Gasteiger partial charge in [0.15, 0.2) is 0 Å². The van der Waals surface area contributed by atoms with E-state index in [0.29, 0.717) is 0 Å². The Labute approximate surface area is 99.9 Å². The van der Waals surface area contributed by atoms with Crippen LogP contribution < -0.4 is 10.5 Å². The van der Waals surface area contributed by atoms with Crippen LogP contribution in [0.2, 0.25) is 0 Å². The first-order valence-corrected chi connectivity index (χ1v) is 5.74. The van der Waals surface area contributed by atoms with Gasteiger partial charge < -0.3 is 10.5 Å². The third kappa shape index (κ3) is 3.50. The summed E-state index contributed by atoms with van der Waals surface area (Å²) in [5, 5.41) is 0. The molecular formula is C12H18BrNO. The van der Waals surface area contributed by atoms with E-state index in [1.807, 2.05) is 19.9 Å². The van der Waals surface area contributed by atoms with E-state index in [9.17, 15) is 0 Å². The lowest BCUT2D eigenvalue weighted by Gasteiger charge is -2.20. The Hall–Kier alpha value is -0.540. The summed E-state index contributed by atoms with van der Waals surface area (Å²) < 4.78 is 6.30. The van der Waals surface area contributed by atoms with Crippen LogP contribution in [0.25, 0.3) is 0 Å². The molecule has 2 N–H and O–H groups in total. The standard InChI is InChI=1S/C12H18BrNO/c1-8-5-9(7-12(2,3)14)11(13)10(6-8)15-4/h5-6H,7,14H2,1-4H3. The van der Waals surface area contributed by atoms with E-state index >= 15 is 0 Å². The second-order valence-electron chi connectivity index (χ2n) is 4.61. The van der Waals surface area contributed by atoms with Crippen LogP contribution in [-0.2, 0) is 6.42 Å². The SMILES string of the molecule is COc1cc(C)cc(CC(C)(C)N)c1Br. The van der Waals surface area contributed by atoms with Gasteiger partial charge in [-0.3, -0.25) is 0 Å². The molecule has 3 heteroatoms. The summed E-state index contributed by atoms with van der Waals surface area (Å²) in [7, 11) is 1.68. The summed E-state index contributed by atoms with van der Waals surface area (Å²) in [6.07, 6.45) is 0.825. The molecule has 0 aromatic heterocycles. The summed E-state index contributed by atoms with van der Waals surface area (Å²) in [4.78, 5) is 0. The molecule has 0 bridgehead atoms. The molecule has 1 aromatic rings. The topological polar surface area (TPSA) is 35.2 Å². The number of nitrogens with two attached hydrogens (primary N) is 1. The van der Waals surface area contributed by atoms with Crippen molar-refractivity contribution in [2.45, 2.75) is 32.7 Å². The molecule has 0 unspecified atom stereocenters. The van der Waals surface area contributed by atoms with E-state index < -0.39 is 0 Å². The average molecular weight is 272 g/mol. The van der Waals surface area contributed by atoms with Gasteiger partial charge in [-0.1, -0.05) is 6.07 Å². The molecule has 0 saturated heterocycles. The van der Waals surface area contributed by atoms with Crippen molar-refractivity contribution in [2.24, 2.45) is 5.73 Å². The average Bonchev–Trinajstić information content (AvgIpc) is 2.08.